The number of likely N-dealkylation sites (tertiary alicyclic amines) is 1. The standard InChI is InChI=1S/C20H33N3O/c1-14(2)18(23-11-9-16(4)10-12-23)13-22-20(24)19(21)17-7-5-15(3)6-8-17/h5-8,14,16,18-19H,9-13,21H2,1-4H3,(H,22,24). The predicted molar refractivity (Wildman–Crippen MR) is 99.7 cm³/mol. The zero-order chi connectivity index (χ0) is 17.7. The van der Waals surface area contributed by atoms with Gasteiger partial charge >= 0.3 is 0 Å². The molecule has 1 saturated heterocycles. The number of nitrogens with two attached hydrogens (primary N) is 1. The molecule has 1 fully saturated rings. The number of nitrogens with one attached hydrogen (secondary N) is 1. The van der Waals surface area contributed by atoms with Crippen molar-refractivity contribution >= 4 is 5.91 Å². The summed E-state index contributed by atoms with van der Waals surface area (Å²) in [5, 5.41) is 3.08. The van der Waals surface area contributed by atoms with Crippen molar-refractivity contribution in [1.29, 1.82) is 0 Å². The number of aryl methyl sites for hydroxylation is 1. The first-order chi connectivity index (χ1) is 11.4. The summed E-state index contributed by atoms with van der Waals surface area (Å²) >= 11 is 0. The van der Waals surface area contributed by atoms with Crippen molar-refractivity contribution in [2.75, 3.05) is 19.6 Å². The lowest BCUT2D eigenvalue weighted by atomic mass is 9.94. The van der Waals surface area contributed by atoms with Gasteiger partial charge in [-0.3, -0.25) is 9.69 Å². The van der Waals surface area contributed by atoms with Gasteiger partial charge in [-0.1, -0.05) is 50.6 Å². The van der Waals surface area contributed by atoms with Gasteiger partial charge in [0.25, 0.3) is 0 Å². The van der Waals surface area contributed by atoms with Gasteiger partial charge in [0.1, 0.15) is 6.04 Å². The van der Waals surface area contributed by atoms with E-state index in [2.05, 4.69) is 31.0 Å². The van der Waals surface area contributed by atoms with Gasteiger partial charge in [-0.25, -0.2) is 0 Å². The van der Waals surface area contributed by atoms with Crippen molar-refractivity contribution in [3.05, 3.63) is 35.4 Å². The summed E-state index contributed by atoms with van der Waals surface area (Å²) in [5.41, 5.74) is 8.16. The molecule has 1 heterocycles. The maximum atomic E-state index is 12.4. The minimum Gasteiger partial charge on any atom is -0.353 e. The molecule has 4 nitrogen and oxygen atoms in total. The number of hydrogen-bond donors (Lipinski definition) is 2. The van der Waals surface area contributed by atoms with Crippen LogP contribution in [-0.2, 0) is 4.79 Å². The van der Waals surface area contributed by atoms with Crippen molar-refractivity contribution in [1.82, 2.24) is 10.2 Å². The number of carbonyl (C=O) groups is 1. The Morgan fingerprint density at radius 2 is 1.83 bits per heavy atom. The molecular weight excluding hydrogens is 298 g/mol. The van der Waals surface area contributed by atoms with E-state index in [9.17, 15) is 4.79 Å². The maximum Gasteiger partial charge on any atom is 0.241 e. The van der Waals surface area contributed by atoms with Gasteiger partial charge in [0.05, 0.1) is 0 Å². The molecule has 1 aromatic carbocycles. The van der Waals surface area contributed by atoms with Crippen LogP contribution in [0.3, 0.4) is 0 Å². The summed E-state index contributed by atoms with van der Waals surface area (Å²) in [5.74, 6) is 1.24. The Balaban J connectivity index is 1.91. The number of nitrogens with zero attached hydrogens (tertiary/aromatic N) is 1. The summed E-state index contributed by atoms with van der Waals surface area (Å²) in [6.45, 7) is 11.7. The number of rotatable bonds is 6. The highest BCUT2D eigenvalue weighted by molar-refractivity contribution is 5.82. The maximum absolute atomic E-state index is 12.4. The minimum atomic E-state index is -0.597. The van der Waals surface area contributed by atoms with Crippen LogP contribution >= 0.6 is 0 Å². The topological polar surface area (TPSA) is 58.4 Å². The van der Waals surface area contributed by atoms with Crippen LogP contribution in [-0.4, -0.2) is 36.5 Å². The van der Waals surface area contributed by atoms with Crippen LogP contribution in [0.2, 0.25) is 0 Å². The molecule has 1 aromatic rings. The lowest BCUT2D eigenvalue weighted by molar-refractivity contribution is -0.122. The summed E-state index contributed by atoms with van der Waals surface area (Å²) in [6, 6.07) is 7.64. The second kappa shape index (κ2) is 8.63. The highest BCUT2D eigenvalue weighted by Crippen LogP contribution is 2.21. The molecule has 4 heteroatoms. The first-order valence-corrected chi connectivity index (χ1v) is 9.22. The smallest absolute Gasteiger partial charge is 0.241 e. The molecule has 1 aliphatic heterocycles. The molecule has 2 unspecified atom stereocenters. The van der Waals surface area contributed by atoms with Crippen molar-refractivity contribution in [2.24, 2.45) is 17.6 Å². The van der Waals surface area contributed by atoms with Gasteiger partial charge in [0.15, 0.2) is 0 Å². The molecule has 1 aliphatic rings. The number of benzene rings is 1. The fourth-order valence-corrected chi connectivity index (χ4v) is 3.39. The second-order valence-corrected chi connectivity index (χ2v) is 7.66. The van der Waals surface area contributed by atoms with E-state index in [1.807, 2.05) is 31.2 Å². The van der Waals surface area contributed by atoms with Crippen LogP contribution in [0.1, 0.15) is 50.8 Å². The normalized spacial score (nSPS) is 19.2. The van der Waals surface area contributed by atoms with Crippen LogP contribution in [0, 0.1) is 18.8 Å². The largest absolute Gasteiger partial charge is 0.353 e. The van der Waals surface area contributed by atoms with Gasteiger partial charge in [-0.15, -0.1) is 0 Å². The van der Waals surface area contributed by atoms with E-state index in [0.717, 1.165) is 24.6 Å². The molecule has 0 spiro atoms. The fourth-order valence-electron chi connectivity index (χ4n) is 3.39. The molecule has 0 aromatic heterocycles. The lowest BCUT2D eigenvalue weighted by Gasteiger charge is -2.39. The van der Waals surface area contributed by atoms with E-state index in [-0.39, 0.29) is 5.91 Å². The Kier molecular flexibility index (Phi) is 6.81. The molecule has 0 aliphatic carbocycles. The van der Waals surface area contributed by atoms with Crippen molar-refractivity contribution in [3.63, 3.8) is 0 Å². The Hall–Kier alpha value is -1.39. The summed E-state index contributed by atoms with van der Waals surface area (Å²) in [7, 11) is 0. The molecular formula is C20H33N3O. The SMILES string of the molecule is Cc1ccc(C(N)C(=O)NCC(C(C)C)N2CCC(C)CC2)cc1. The molecule has 0 radical (unpaired) electrons. The average molecular weight is 332 g/mol. The Labute approximate surface area is 146 Å². The van der Waals surface area contributed by atoms with Crippen LogP contribution in [0.4, 0.5) is 0 Å². The molecule has 3 N–H and O–H groups in total. The highest BCUT2D eigenvalue weighted by Gasteiger charge is 2.26. The van der Waals surface area contributed by atoms with E-state index < -0.39 is 6.04 Å². The number of hydrogen-bond acceptors (Lipinski definition) is 3. The Morgan fingerprint density at radius 3 is 2.38 bits per heavy atom. The third-order valence-corrected chi connectivity index (χ3v) is 5.26. The third kappa shape index (κ3) is 5.05. The number of carbonyl (C=O) groups excluding carboxylic acids is 1. The molecule has 0 saturated carbocycles. The van der Waals surface area contributed by atoms with E-state index >= 15 is 0 Å². The summed E-state index contributed by atoms with van der Waals surface area (Å²) in [4.78, 5) is 15.0. The van der Waals surface area contributed by atoms with Gasteiger partial charge in [-0.2, -0.15) is 0 Å². The van der Waals surface area contributed by atoms with E-state index in [1.165, 1.54) is 18.4 Å². The van der Waals surface area contributed by atoms with Crippen LogP contribution in [0.15, 0.2) is 24.3 Å². The van der Waals surface area contributed by atoms with E-state index in [0.29, 0.717) is 18.5 Å². The lowest BCUT2D eigenvalue weighted by Crippen LogP contribution is -2.50. The summed E-state index contributed by atoms with van der Waals surface area (Å²) < 4.78 is 0. The van der Waals surface area contributed by atoms with Gasteiger partial charge < -0.3 is 11.1 Å². The van der Waals surface area contributed by atoms with Crippen molar-refractivity contribution in [2.45, 2.75) is 52.6 Å². The highest BCUT2D eigenvalue weighted by atomic mass is 16.2. The molecule has 1 amide bonds. The average Bonchev–Trinajstić information content (AvgIpc) is 2.56. The monoisotopic (exact) mass is 331 g/mol. The van der Waals surface area contributed by atoms with Crippen LogP contribution in [0.5, 0.6) is 0 Å². The van der Waals surface area contributed by atoms with Gasteiger partial charge in [0, 0.05) is 12.6 Å². The molecule has 0 bridgehead atoms. The van der Waals surface area contributed by atoms with Crippen LogP contribution in [0.25, 0.3) is 0 Å². The molecule has 24 heavy (non-hydrogen) atoms. The molecule has 2 rings (SSSR count). The Morgan fingerprint density at radius 1 is 1.25 bits per heavy atom. The van der Waals surface area contributed by atoms with Crippen LogP contribution < -0.4 is 11.1 Å². The van der Waals surface area contributed by atoms with Crippen molar-refractivity contribution < 1.29 is 4.79 Å². The molecule has 134 valence electrons. The Bertz CT molecular complexity index is 518. The first-order valence-electron chi connectivity index (χ1n) is 9.22. The van der Waals surface area contributed by atoms with Gasteiger partial charge in [0.2, 0.25) is 5.91 Å². The fraction of sp³-hybridized carbons (Fsp3) is 0.650. The molecule has 2 atom stereocenters. The minimum absolute atomic E-state index is 0.0881. The van der Waals surface area contributed by atoms with E-state index in [1.54, 1.807) is 0 Å². The summed E-state index contributed by atoms with van der Waals surface area (Å²) in [6.07, 6.45) is 2.50. The van der Waals surface area contributed by atoms with Gasteiger partial charge in [-0.05, 0) is 50.3 Å². The number of piperidine rings is 1. The number of amides is 1. The van der Waals surface area contributed by atoms with Crippen molar-refractivity contribution in [3.8, 4) is 0 Å². The third-order valence-electron chi connectivity index (χ3n) is 5.26. The first kappa shape index (κ1) is 18.9. The van der Waals surface area contributed by atoms with E-state index in [4.69, 9.17) is 5.73 Å². The zero-order valence-corrected chi connectivity index (χ0v) is 15.6. The second-order valence-electron chi connectivity index (χ2n) is 7.66. The zero-order valence-electron chi connectivity index (χ0n) is 15.6. The quantitative estimate of drug-likeness (QED) is 0.843. The predicted octanol–water partition coefficient (Wildman–Crippen LogP) is 2.87.